The minimum Gasteiger partial charge on any atom is -0.460 e. The average Bonchev–Trinajstić information content (AvgIpc) is 2.46. The maximum atomic E-state index is 11.9. The molecule has 0 bridgehead atoms. The van der Waals surface area contributed by atoms with Crippen LogP contribution in [0, 0.1) is 0 Å². The quantitative estimate of drug-likeness (QED) is 0.616. The molecule has 0 aliphatic carbocycles. The molecule has 0 N–H and O–H groups in total. The summed E-state index contributed by atoms with van der Waals surface area (Å²) in [5.74, 6) is -0.317. The van der Waals surface area contributed by atoms with E-state index in [1.54, 1.807) is 6.08 Å². The summed E-state index contributed by atoms with van der Waals surface area (Å²) < 4.78 is 5.21. The first-order valence-corrected chi connectivity index (χ1v) is 6.70. The lowest BCUT2D eigenvalue weighted by atomic mass is 9.98. The summed E-state index contributed by atoms with van der Waals surface area (Å²) in [5.41, 5.74) is 2.87. The van der Waals surface area contributed by atoms with Gasteiger partial charge in [0, 0.05) is 6.08 Å². The first-order chi connectivity index (χ1) is 9.66. The molecule has 0 spiro atoms. The second kappa shape index (κ2) is 6.71. The number of carbonyl (C=O) groups is 1. The molecule has 0 aliphatic rings. The van der Waals surface area contributed by atoms with Crippen molar-refractivity contribution < 1.29 is 9.53 Å². The van der Waals surface area contributed by atoms with Crippen molar-refractivity contribution in [1.82, 2.24) is 0 Å². The lowest BCUT2D eigenvalue weighted by Gasteiger charge is -2.10. The van der Waals surface area contributed by atoms with Gasteiger partial charge in [0.1, 0.15) is 0 Å². The molecule has 0 fully saturated rings. The van der Waals surface area contributed by atoms with Gasteiger partial charge in [-0.1, -0.05) is 60.7 Å². The molecule has 0 unspecified atom stereocenters. The van der Waals surface area contributed by atoms with Crippen LogP contribution in [0.1, 0.15) is 25.0 Å². The van der Waals surface area contributed by atoms with Gasteiger partial charge in [0.05, 0.1) is 6.10 Å². The van der Waals surface area contributed by atoms with E-state index in [1.165, 1.54) is 0 Å². The molecule has 0 saturated carbocycles. The molecule has 20 heavy (non-hydrogen) atoms. The molecule has 2 aromatic carbocycles. The zero-order chi connectivity index (χ0) is 14.4. The largest absolute Gasteiger partial charge is 0.460 e. The summed E-state index contributed by atoms with van der Waals surface area (Å²) in [4.78, 5) is 11.9. The molecule has 0 aromatic heterocycles. The minimum atomic E-state index is -0.317. The zero-order valence-corrected chi connectivity index (χ0v) is 11.7. The highest BCUT2D eigenvalue weighted by atomic mass is 16.5. The van der Waals surface area contributed by atoms with Gasteiger partial charge in [-0.05, 0) is 30.5 Å². The Labute approximate surface area is 119 Å². The Bertz CT molecular complexity index is 542. The molecular formula is C18H18O2. The predicted molar refractivity (Wildman–Crippen MR) is 81.2 cm³/mol. The van der Waals surface area contributed by atoms with Gasteiger partial charge in [0.15, 0.2) is 0 Å². The average molecular weight is 266 g/mol. The number of benzene rings is 2. The van der Waals surface area contributed by atoms with Crippen molar-refractivity contribution in [3.8, 4) is 0 Å². The van der Waals surface area contributed by atoms with Crippen molar-refractivity contribution >= 4 is 11.5 Å². The molecule has 2 rings (SSSR count). The number of esters is 1. The number of ether oxygens (including phenoxy) is 1. The fraction of sp³-hybridized carbons (Fsp3) is 0.167. The molecule has 0 radical (unpaired) electrons. The van der Waals surface area contributed by atoms with E-state index < -0.39 is 0 Å². The second-order valence-electron chi connectivity index (χ2n) is 4.78. The highest BCUT2D eigenvalue weighted by Crippen LogP contribution is 2.23. The fourth-order valence-electron chi connectivity index (χ4n) is 1.95. The molecule has 0 saturated heterocycles. The van der Waals surface area contributed by atoms with Crippen LogP contribution in [0.4, 0.5) is 0 Å². The lowest BCUT2D eigenvalue weighted by Crippen LogP contribution is -2.09. The minimum absolute atomic E-state index is 0.119. The van der Waals surface area contributed by atoms with Crippen LogP contribution in [0.3, 0.4) is 0 Å². The van der Waals surface area contributed by atoms with Crippen LogP contribution >= 0.6 is 0 Å². The van der Waals surface area contributed by atoms with E-state index in [-0.39, 0.29) is 12.1 Å². The maximum absolute atomic E-state index is 11.9. The standard InChI is InChI=1S/C18H18O2/c1-14(2)20-18(19)13-17(15-9-5-3-6-10-15)16-11-7-4-8-12-16/h3-14H,1-2H3. The molecule has 2 nitrogen and oxygen atoms in total. The fourth-order valence-corrected chi connectivity index (χ4v) is 1.95. The Morgan fingerprint density at radius 1 is 0.900 bits per heavy atom. The second-order valence-corrected chi connectivity index (χ2v) is 4.78. The van der Waals surface area contributed by atoms with Crippen LogP contribution in [-0.4, -0.2) is 12.1 Å². The molecule has 0 heterocycles. The van der Waals surface area contributed by atoms with Gasteiger partial charge in [-0.15, -0.1) is 0 Å². The molecule has 102 valence electrons. The van der Waals surface area contributed by atoms with Crippen LogP contribution in [0.15, 0.2) is 66.7 Å². The van der Waals surface area contributed by atoms with Gasteiger partial charge in [-0.3, -0.25) is 0 Å². The van der Waals surface area contributed by atoms with Crippen molar-refractivity contribution in [2.24, 2.45) is 0 Å². The van der Waals surface area contributed by atoms with E-state index in [0.29, 0.717) is 0 Å². The first-order valence-electron chi connectivity index (χ1n) is 6.70. The van der Waals surface area contributed by atoms with E-state index >= 15 is 0 Å². The van der Waals surface area contributed by atoms with Crippen LogP contribution in [0.5, 0.6) is 0 Å². The highest BCUT2D eigenvalue weighted by molar-refractivity contribution is 5.96. The van der Waals surface area contributed by atoms with Gasteiger partial charge in [-0.2, -0.15) is 0 Å². The summed E-state index contributed by atoms with van der Waals surface area (Å²) in [6, 6.07) is 19.7. The Balaban J connectivity index is 2.40. The predicted octanol–water partition coefficient (Wildman–Crippen LogP) is 4.07. The first kappa shape index (κ1) is 14.1. The topological polar surface area (TPSA) is 26.3 Å². The Morgan fingerprint density at radius 2 is 1.35 bits per heavy atom. The summed E-state index contributed by atoms with van der Waals surface area (Å²) in [7, 11) is 0. The van der Waals surface area contributed by atoms with Gasteiger partial charge >= 0.3 is 5.97 Å². The third kappa shape index (κ3) is 3.82. The van der Waals surface area contributed by atoms with Crippen molar-refractivity contribution in [1.29, 1.82) is 0 Å². The lowest BCUT2D eigenvalue weighted by molar-refractivity contribution is -0.141. The molecule has 0 amide bonds. The van der Waals surface area contributed by atoms with Crippen LogP contribution in [-0.2, 0) is 9.53 Å². The molecule has 2 heteroatoms. The van der Waals surface area contributed by atoms with Crippen molar-refractivity contribution in [2.45, 2.75) is 20.0 Å². The van der Waals surface area contributed by atoms with E-state index in [1.807, 2.05) is 74.5 Å². The van der Waals surface area contributed by atoms with Gasteiger partial charge in [0.2, 0.25) is 0 Å². The summed E-state index contributed by atoms with van der Waals surface area (Å²) in [6.45, 7) is 3.69. The van der Waals surface area contributed by atoms with Crippen LogP contribution in [0.25, 0.3) is 5.57 Å². The van der Waals surface area contributed by atoms with Gasteiger partial charge in [-0.25, -0.2) is 4.79 Å². The molecular weight excluding hydrogens is 248 g/mol. The maximum Gasteiger partial charge on any atom is 0.331 e. The zero-order valence-electron chi connectivity index (χ0n) is 11.7. The smallest absolute Gasteiger partial charge is 0.331 e. The number of rotatable bonds is 4. The normalized spacial score (nSPS) is 10.2. The summed E-state index contributed by atoms with van der Waals surface area (Å²) in [5, 5.41) is 0. The van der Waals surface area contributed by atoms with E-state index in [4.69, 9.17) is 4.74 Å². The molecule has 0 atom stereocenters. The van der Waals surface area contributed by atoms with Gasteiger partial charge in [0.25, 0.3) is 0 Å². The van der Waals surface area contributed by atoms with E-state index in [9.17, 15) is 4.79 Å². The van der Waals surface area contributed by atoms with E-state index in [2.05, 4.69) is 0 Å². The Hall–Kier alpha value is -2.35. The van der Waals surface area contributed by atoms with Crippen LogP contribution in [0.2, 0.25) is 0 Å². The summed E-state index contributed by atoms with van der Waals surface area (Å²) >= 11 is 0. The Morgan fingerprint density at radius 3 is 1.75 bits per heavy atom. The number of carbonyl (C=O) groups excluding carboxylic acids is 1. The van der Waals surface area contributed by atoms with Crippen molar-refractivity contribution in [3.63, 3.8) is 0 Å². The van der Waals surface area contributed by atoms with Crippen LogP contribution < -0.4 is 0 Å². The van der Waals surface area contributed by atoms with Crippen molar-refractivity contribution in [2.75, 3.05) is 0 Å². The van der Waals surface area contributed by atoms with E-state index in [0.717, 1.165) is 16.7 Å². The van der Waals surface area contributed by atoms with Crippen molar-refractivity contribution in [3.05, 3.63) is 77.9 Å². The monoisotopic (exact) mass is 266 g/mol. The molecule has 2 aromatic rings. The third-order valence-electron chi connectivity index (χ3n) is 2.78. The van der Waals surface area contributed by atoms with Gasteiger partial charge < -0.3 is 4.74 Å². The Kier molecular flexibility index (Phi) is 4.72. The third-order valence-corrected chi connectivity index (χ3v) is 2.78. The highest BCUT2D eigenvalue weighted by Gasteiger charge is 2.09. The number of hydrogen-bond donors (Lipinski definition) is 0. The number of hydrogen-bond acceptors (Lipinski definition) is 2. The SMILES string of the molecule is CC(C)OC(=O)C=C(c1ccccc1)c1ccccc1. The molecule has 0 aliphatic heterocycles. The summed E-state index contributed by atoms with van der Waals surface area (Å²) in [6.07, 6.45) is 1.44.